The Kier molecular flexibility index (Phi) is 4.93. The second kappa shape index (κ2) is 6.48. The van der Waals surface area contributed by atoms with Crippen molar-refractivity contribution in [2.24, 2.45) is 0 Å². The van der Waals surface area contributed by atoms with Gasteiger partial charge < -0.3 is 10.2 Å². The molecule has 1 aliphatic heterocycles. The van der Waals surface area contributed by atoms with Crippen LogP contribution in [-0.2, 0) is 11.2 Å². The van der Waals surface area contributed by atoms with Crippen LogP contribution in [0.1, 0.15) is 18.4 Å². The third-order valence-electron chi connectivity index (χ3n) is 3.48. The molecule has 1 fully saturated rings. The highest BCUT2D eigenvalue weighted by Crippen LogP contribution is 2.20. The topological polar surface area (TPSA) is 32.3 Å². The normalized spacial score (nSPS) is 18.9. The zero-order chi connectivity index (χ0) is 13.8. The molecule has 104 valence electrons. The molecule has 1 heterocycles. The smallest absolute Gasteiger partial charge is 0.227 e. The Morgan fingerprint density at radius 2 is 2.37 bits per heavy atom. The molecule has 1 amide bonds. The summed E-state index contributed by atoms with van der Waals surface area (Å²) < 4.78 is 13.6. The maximum Gasteiger partial charge on any atom is 0.227 e. The Bertz CT molecular complexity index is 467. The van der Waals surface area contributed by atoms with E-state index in [1.807, 2.05) is 11.9 Å². The fourth-order valence-corrected chi connectivity index (χ4v) is 2.96. The number of nitrogens with zero attached hydrogens (tertiary/aromatic N) is 1. The molecule has 0 spiro atoms. The number of nitrogens with one attached hydrogen (secondary N) is 1. The molecule has 1 aromatic rings. The molecule has 1 atom stereocenters. The van der Waals surface area contributed by atoms with Gasteiger partial charge >= 0.3 is 0 Å². The number of carbonyl (C=O) groups excluding carboxylic acids is 1. The Hall–Kier alpha value is -0.940. The number of hydrogen-bond donors (Lipinski definition) is 1. The highest BCUT2D eigenvalue weighted by atomic mass is 79.9. The summed E-state index contributed by atoms with van der Waals surface area (Å²) in [7, 11) is 1.90. The minimum absolute atomic E-state index is 0.122. The van der Waals surface area contributed by atoms with Crippen molar-refractivity contribution in [3.05, 3.63) is 34.1 Å². The molecule has 0 aromatic heterocycles. The molecule has 0 aliphatic carbocycles. The van der Waals surface area contributed by atoms with Crippen molar-refractivity contribution >= 4 is 21.8 Å². The molecule has 2 rings (SSSR count). The molecule has 5 heteroatoms. The van der Waals surface area contributed by atoms with Crippen molar-refractivity contribution in [3.63, 3.8) is 0 Å². The van der Waals surface area contributed by atoms with Crippen LogP contribution >= 0.6 is 15.9 Å². The van der Waals surface area contributed by atoms with Crippen molar-refractivity contribution < 1.29 is 9.18 Å². The van der Waals surface area contributed by atoms with Gasteiger partial charge in [-0.1, -0.05) is 6.07 Å². The van der Waals surface area contributed by atoms with Gasteiger partial charge in [0.15, 0.2) is 0 Å². The van der Waals surface area contributed by atoms with Gasteiger partial charge in [-0.3, -0.25) is 4.79 Å². The van der Waals surface area contributed by atoms with Gasteiger partial charge in [0.05, 0.1) is 10.9 Å². The van der Waals surface area contributed by atoms with Crippen molar-refractivity contribution in [2.45, 2.75) is 25.3 Å². The first-order valence-corrected chi connectivity index (χ1v) is 7.29. The van der Waals surface area contributed by atoms with E-state index < -0.39 is 0 Å². The molecule has 1 aliphatic rings. The molecule has 0 saturated carbocycles. The van der Waals surface area contributed by atoms with E-state index in [0.717, 1.165) is 31.5 Å². The van der Waals surface area contributed by atoms with Crippen molar-refractivity contribution in [2.75, 3.05) is 20.1 Å². The lowest BCUT2D eigenvalue weighted by atomic mass is 10.1. The molecule has 0 bridgehead atoms. The number of likely N-dealkylation sites (N-methyl/N-ethyl adjacent to an activating group) is 1. The summed E-state index contributed by atoms with van der Waals surface area (Å²) >= 11 is 3.15. The first-order chi connectivity index (χ1) is 9.11. The van der Waals surface area contributed by atoms with E-state index >= 15 is 0 Å². The van der Waals surface area contributed by atoms with Crippen LogP contribution in [0.2, 0.25) is 0 Å². The second-order valence-corrected chi connectivity index (χ2v) is 5.72. The van der Waals surface area contributed by atoms with Gasteiger partial charge in [-0.2, -0.15) is 0 Å². The average Bonchev–Trinajstić information content (AvgIpc) is 2.83. The quantitative estimate of drug-likeness (QED) is 0.920. The van der Waals surface area contributed by atoms with E-state index in [2.05, 4.69) is 21.2 Å². The lowest BCUT2D eigenvalue weighted by molar-refractivity contribution is -0.131. The second-order valence-electron chi connectivity index (χ2n) is 4.87. The predicted molar refractivity (Wildman–Crippen MR) is 76.5 cm³/mol. The monoisotopic (exact) mass is 328 g/mol. The first kappa shape index (κ1) is 14.5. The third-order valence-corrected chi connectivity index (χ3v) is 4.08. The number of carbonyl (C=O) groups is 1. The fraction of sp³-hybridized carbons (Fsp3) is 0.500. The Labute approximate surface area is 121 Å². The summed E-state index contributed by atoms with van der Waals surface area (Å²) in [4.78, 5) is 14.2. The summed E-state index contributed by atoms with van der Waals surface area (Å²) in [6.45, 7) is 1.66. The summed E-state index contributed by atoms with van der Waals surface area (Å²) in [5.74, 6) is -0.179. The average molecular weight is 329 g/mol. The standard InChI is InChI=1S/C14H18BrFN2O/c1-17-9-11-3-2-6-18(11)14(19)8-10-4-5-13(16)12(15)7-10/h4-5,7,11,17H,2-3,6,8-9H2,1H3/t11-/m1/s1. The van der Waals surface area contributed by atoms with Crippen molar-refractivity contribution in [1.29, 1.82) is 0 Å². The number of likely N-dealkylation sites (tertiary alicyclic amines) is 1. The maximum atomic E-state index is 13.1. The summed E-state index contributed by atoms with van der Waals surface area (Å²) in [5, 5.41) is 3.12. The van der Waals surface area contributed by atoms with Crippen LogP contribution in [0, 0.1) is 5.82 Å². The molecule has 1 saturated heterocycles. The number of benzene rings is 1. The minimum atomic E-state index is -0.301. The van der Waals surface area contributed by atoms with Gasteiger partial charge in [0.25, 0.3) is 0 Å². The van der Waals surface area contributed by atoms with Crippen molar-refractivity contribution in [1.82, 2.24) is 10.2 Å². The van der Waals surface area contributed by atoms with Crippen LogP contribution in [0.4, 0.5) is 4.39 Å². The molecule has 1 N–H and O–H groups in total. The third kappa shape index (κ3) is 3.54. The van der Waals surface area contributed by atoms with E-state index in [1.165, 1.54) is 6.07 Å². The molecule has 0 radical (unpaired) electrons. The van der Waals surface area contributed by atoms with E-state index in [-0.39, 0.29) is 11.7 Å². The predicted octanol–water partition coefficient (Wildman–Crippen LogP) is 2.34. The maximum absolute atomic E-state index is 13.1. The lowest BCUT2D eigenvalue weighted by Gasteiger charge is -2.24. The highest BCUT2D eigenvalue weighted by molar-refractivity contribution is 9.10. The van der Waals surface area contributed by atoms with Crippen LogP contribution in [0.25, 0.3) is 0 Å². The lowest BCUT2D eigenvalue weighted by Crippen LogP contribution is -2.41. The molecule has 1 aromatic carbocycles. The SMILES string of the molecule is CNC[C@H]1CCCN1C(=O)Cc1ccc(F)c(Br)c1. The largest absolute Gasteiger partial charge is 0.338 e. The van der Waals surface area contributed by atoms with Gasteiger partial charge in [-0.05, 0) is 53.5 Å². The zero-order valence-corrected chi connectivity index (χ0v) is 12.5. The first-order valence-electron chi connectivity index (χ1n) is 6.50. The van der Waals surface area contributed by atoms with Gasteiger partial charge in [0, 0.05) is 19.1 Å². The van der Waals surface area contributed by atoms with Gasteiger partial charge in [-0.15, -0.1) is 0 Å². The Balaban J connectivity index is 2.02. The number of halogens is 2. The number of hydrogen-bond acceptors (Lipinski definition) is 2. The molecule has 0 unspecified atom stereocenters. The van der Waals surface area contributed by atoms with E-state index in [1.54, 1.807) is 12.1 Å². The Morgan fingerprint density at radius 1 is 1.58 bits per heavy atom. The summed E-state index contributed by atoms with van der Waals surface area (Å²) in [5.41, 5.74) is 0.841. The molecular formula is C14H18BrFN2O. The van der Waals surface area contributed by atoms with Crippen LogP contribution in [0.15, 0.2) is 22.7 Å². The van der Waals surface area contributed by atoms with E-state index in [0.29, 0.717) is 16.9 Å². The highest BCUT2D eigenvalue weighted by Gasteiger charge is 2.27. The van der Waals surface area contributed by atoms with Crippen LogP contribution in [-0.4, -0.2) is 37.0 Å². The van der Waals surface area contributed by atoms with Crippen LogP contribution < -0.4 is 5.32 Å². The van der Waals surface area contributed by atoms with Crippen LogP contribution in [0.3, 0.4) is 0 Å². The van der Waals surface area contributed by atoms with Gasteiger partial charge in [0.2, 0.25) is 5.91 Å². The molecular weight excluding hydrogens is 311 g/mol. The Morgan fingerprint density at radius 3 is 3.05 bits per heavy atom. The minimum Gasteiger partial charge on any atom is -0.338 e. The fourth-order valence-electron chi connectivity index (χ4n) is 2.54. The van der Waals surface area contributed by atoms with Gasteiger partial charge in [0.1, 0.15) is 5.82 Å². The molecule has 19 heavy (non-hydrogen) atoms. The summed E-state index contributed by atoms with van der Waals surface area (Å²) in [6.07, 6.45) is 2.45. The van der Waals surface area contributed by atoms with Crippen molar-refractivity contribution in [3.8, 4) is 0 Å². The summed E-state index contributed by atoms with van der Waals surface area (Å²) in [6, 6.07) is 5.03. The number of amides is 1. The van der Waals surface area contributed by atoms with E-state index in [4.69, 9.17) is 0 Å². The zero-order valence-electron chi connectivity index (χ0n) is 11.0. The molecule has 3 nitrogen and oxygen atoms in total. The van der Waals surface area contributed by atoms with E-state index in [9.17, 15) is 9.18 Å². The number of rotatable bonds is 4. The van der Waals surface area contributed by atoms with Gasteiger partial charge in [-0.25, -0.2) is 4.39 Å². The van der Waals surface area contributed by atoms with Crippen LogP contribution in [0.5, 0.6) is 0 Å².